The van der Waals surface area contributed by atoms with E-state index in [1.54, 1.807) is 0 Å². The molecule has 8 rings (SSSR count). The Hall–Kier alpha value is -3.16. The van der Waals surface area contributed by atoms with Gasteiger partial charge in [0.15, 0.2) is 5.65 Å². The van der Waals surface area contributed by atoms with E-state index in [-0.39, 0.29) is 0 Å². The van der Waals surface area contributed by atoms with E-state index in [0.717, 1.165) is 42.8 Å². The molecule has 4 aliphatic rings. The minimum absolute atomic E-state index is 0.304. The number of pyridine rings is 1. The Labute approximate surface area is 206 Å². The molecule has 8 nitrogen and oxygen atoms in total. The lowest BCUT2D eigenvalue weighted by molar-refractivity contribution is -0.0139. The fraction of sp³-hybridized carbons (Fsp3) is 0.556. The van der Waals surface area contributed by atoms with Gasteiger partial charge >= 0.3 is 0 Å². The molecule has 3 fully saturated rings. The zero-order valence-electron chi connectivity index (χ0n) is 21.0. The number of rotatable bonds is 4. The van der Waals surface area contributed by atoms with Crippen LogP contribution >= 0.6 is 0 Å². The van der Waals surface area contributed by atoms with Crippen LogP contribution in [0.2, 0.25) is 0 Å². The van der Waals surface area contributed by atoms with Gasteiger partial charge < -0.3 is 9.47 Å². The van der Waals surface area contributed by atoms with Gasteiger partial charge in [-0.1, -0.05) is 0 Å². The number of aromatic nitrogens is 7. The van der Waals surface area contributed by atoms with Gasteiger partial charge in [-0.3, -0.25) is 9.36 Å². The predicted molar refractivity (Wildman–Crippen MR) is 135 cm³/mol. The average Bonchev–Trinajstić information content (AvgIpc) is 3.61. The van der Waals surface area contributed by atoms with Crippen LogP contribution in [-0.4, -0.2) is 40.6 Å². The number of nitrogens with zero attached hydrogens (tertiary/aromatic N) is 8. The van der Waals surface area contributed by atoms with Crippen molar-refractivity contribution in [1.82, 2.24) is 34.1 Å². The fourth-order valence-electron chi connectivity index (χ4n) is 7.21. The van der Waals surface area contributed by atoms with E-state index >= 15 is 0 Å². The number of hydrogen-bond acceptors (Lipinski definition) is 5. The number of hydrogen-bond donors (Lipinski definition) is 0. The smallest absolute Gasteiger partial charge is 0.159 e. The van der Waals surface area contributed by atoms with Gasteiger partial charge in [0.05, 0.1) is 29.3 Å². The average molecular weight is 471 g/mol. The second-order valence-corrected chi connectivity index (χ2v) is 11.3. The molecule has 0 aromatic carbocycles. The van der Waals surface area contributed by atoms with E-state index in [9.17, 15) is 0 Å². The highest BCUT2D eigenvalue weighted by molar-refractivity contribution is 5.89. The summed E-state index contributed by atoms with van der Waals surface area (Å²) < 4.78 is 6.67. The molecule has 3 saturated carbocycles. The van der Waals surface area contributed by atoms with Crippen LogP contribution in [0, 0.1) is 19.3 Å². The van der Waals surface area contributed by atoms with Crippen LogP contribution in [0.4, 0.5) is 5.69 Å². The van der Waals surface area contributed by atoms with Gasteiger partial charge in [-0.15, -0.1) is 0 Å². The summed E-state index contributed by atoms with van der Waals surface area (Å²) in [6.07, 6.45) is 16.8. The molecule has 5 heterocycles. The maximum atomic E-state index is 5.12. The third-order valence-electron chi connectivity index (χ3n) is 9.39. The molecular formula is C27H34N8. The molecule has 182 valence electrons. The maximum absolute atomic E-state index is 5.12. The fourth-order valence-corrected chi connectivity index (χ4v) is 7.21. The Morgan fingerprint density at radius 3 is 2.60 bits per heavy atom. The molecule has 0 saturated heterocycles. The summed E-state index contributed by atoms with van der Waals surface area (Å²) in [5.41, 5.74) is 8.00. The first-order chi connectivity index (χ1) is 17.0. The van der Waals surface area contributed by atoms with Crippen molar-refractivity contribution < 1.29 is 0 Å². The van der Waals surface area contributed by atoms with Crippen LogP contribution < -0.4 is 4.90 Å². The molecule has 1 aliphatic heterocycles. The second kappa shape index (κ2) is 7.42. The first kappa shape index (κ1) is 21.1. The third kappa shape index (κ3) is 3.18. The van der Waals surface area contributed by atoms with E-state index in [1.165, 1.54) is 61.2 Å². The molecule has 35 heavy (non-hydrogen) atoms. The Morgan fingerprint density at radius 1 is 1.06 bits per heavy atom. The summed E-state index contributed by atoms with van der Waals surface area (Å²) in [6, 6.07) is 2.21. The molecule has 3 aliphatic carbocycles. The summed E-state index contributed by atoms with van der Waals surface area (Å²) >= 11 is 0. The van der Waals surface area contributed by atoms with Gasteiger partial charge in [0.25, 0.3) is 0 Å². The van der Waals surface area contributed by atoms with Gasteiger partial charge in [0.2, 0.25) is 0 Å². The summed E-state index contributed by atoms with van der Waals surface area (Å²) in [4.78, 5) is 11.5. The van der Waals surface area contributed by atoms with Gasteiger partial charge in [0.1, 0.15) is 0 Å². The van der Waals surface area contributed by atoms with Crippen molar-refractivity contribution in [3.63, 3.8) is 0 Å². The highest BCUT2D eigenvalue weighted by atomic mass is 15.3. The molecule has 2 bridgehead atoms. The van der Waals surface area contributed by atoms with Gasteiger partial charge in [0, 0.05) is 68.0 Å². The van der Waals surface area contributed by atoms with Crippen LogP contribution in [0.15, 0.2) is 31.0 Å². The zero-order chi connectivity index (χ0) is 23.8. The minimum Gasteiger partial charge on any atom is -0.366 e. The Morgan fingerprint density at radius 2 is 1.86 bits per heavy atom. The van der Waals surface area contributed by atoms with Gasteiger partial charge in [-0.25, -0.2) is 9.97 Å². The van der Waals surface area contributed by atoms with Gasteiger partial charge in [-0.05, 0) is 63.9 Å². The summed E-state index contributed by atoms with van der Waals surface area (Å²) in [6.45, 7) is 7.25. The van der Waals surface area contributed by atoms with Crippen LogP contribution in [0.5, 0.6) is 0 Å². The summed E-state index contributed by atoms with van der Waals surface area (Å²) in [5.74, 6) is 0. The molecule has 0 radical (unpaired) electrons. The number of fused-ring (bicyclic) bond motifs is 5. The minimum atomic E-state index is 0.304. The standard InChI is InChI=1S/C27H34N8/c1-19-14-24(21-15-29-32(3)25(21)30-19)33-12-4-23-22(16-33)20(2)31-35(23)17-26-5-8-27(9-6-26,10-7-26)34-13-11-28-18-34/h11,13-15,18H,4-10,12,16-17H2,1-3H3. The van der Waals surface area contributed by atoms with Crippen molar-refractivity contribution >= 4 is 16.7 Å². The van der Waals surface area contributed by atoms with E-state index in [2.05, 4.69) is 50.3 Å². The lowest BCUT2D eigenvalue weighted by atomic mass is 9.57. The lowest BCUT2D eigenvalue weighted by Crippen LogP contribution is -2.49. The molecule has 0 spiro atoms. The van der Waals surface area contributed by atoms with Crippen molar-refractivity contribution in [3.05, 3.63) is 53.6 Å². The molecule has 4 aromatic rings. The normalized spacial score (nSPS) is 26.0. The van der Waals surface area contributed by atoms with Gasteiger partial charge in [-0.2, -0.15) is 10.2 Å². The summed E-state index contributed by atoms with van der Waals surface area (Å²) in [5, 5.41) is 10.7. The largest absolute Gasteiger partial charge is 0.366 e. The molecule has 0 N–H and O–H groups in total. The number of aryl methyl sites for hydroxylation is 3. The van der Waals surface area contributed by atoms with Crippen LogP contribution in [0.3, 0.4) is 0 Å². The SMILES string of the molecule is Cc1cc(N2CCc3c(c(C)nn3CC34CCC(n5ccnc5)(CC3)CC4)C2)c2cnn(C)c2n1. The third-order valence-corrected chi connectivity index (χ3v) is 9.39. The van der Waals surface area contributed by atoms with Crippen molar-refractivity contribution in [2.24, 2.45) is 12.5 Å². The van der Waals surface area contributed by atoms with Crippen LogP contribution in [0.1, 0.15) is 61.2 Å². The Bertz CT molecular complexity index is 1380. The maximum Gasteiger partial charge on any atom is 0.159 e. The van der Waals surface area contributed by atoms with Crippen LogP contribution in [0.25, 0.3) is 11.0 Å². The molecular weight excluding hydrogens is 436 g/mol. The lowest BCUT2D eigenvalue weighted by Gasteiger charge is -2.54. The highest BCUT2D eigenvalue weighted by Crippen LogP contribution is 2.56. The van der Waals surface area contributed by atoms with E-state index in [1.807, 2.05) is 30.5 Å². The summed E-state index contributed by atoms with van der Waals surface area (Å²) in [7, 11) is 1.97. The quantitative estimate of drug-likeness (QED) is 0.445. The van der Waals surface area contributed by atoms with E-state index in [4.69, 9.17) is 10.1 Å². The predicted octanol–water partition coefficient (Wildman–Crippen LogP) is 4.29. The van der Waals surface area contributed by atoms with Crippen molar-refractivity contribution in [2.45, 2.75) is 77.4 Å². The molecule has 4 aromatic heterocycles. The Kier molecular flexibility index (Phi) is 4.48. The first-order valence-corrected chi connectivity index (χ1v) is 13.0. The van der Waals surface area contributed by atoms with E-state index < -0.39 is 0 Å². The van der Waals surface area contributed by atoms with Crippen molar-refractivity contribution in [3.8, 4) is 0 Å². The topological polar surface area (TPSA) is 69.6 Å². The molecule has 0 unspecified atom stereocenters. The molecule has 8 heteroatoms. The first-order valence-electron chi connectivity index (χ1n) is 13.0. The van der Waals surface area contributed by atoms with Crippen molar-refractivity contribution in [1.29, 1.82) is 0 Å². The van der Waals surface area contributed by atoms with Crippen molar-refractivity contribution in [2.75, 3.05) is 11.4 Å². The zero-order valence-corrected chi connectivity index (χ0v) is 21.0. The number of anilines is 1. The molecule has 0 atom stereocenters. The Balaban J connectivity index is 1.14. The monoisotopic (exact) mass is 470 g/mol. The van der Waals surface area contributed by atoms with Crippen LogP contribution in [-0.2, 0) is 32.1 Å². The van der Waals surface area contributed by atoms with E-state index in [0.29, 0.717) is 11.0 Å². The number of imidazole rings is 1. The molecule has 0 amide bonds. The second-order valence-electron chi connectivity index (χ2n) is 11.3. The highest BCUT2D eigenvalue weighted by Gasteiger charge is 2.50.